The number of nitrogens with one attached hydrogen (secondary N) is 1. The van der Waals surface area contributed by atoms with Crippen LogP contribution in [-0.2, 0) is 4.84 Å². The van der Waals surface area contributed by atoms with Gasteiger partial charge in [0, 0.05) is 24.0 Å². The number of piperidine rings is 1. The van der Waals surface area contributed by atoms with Gasteiger partial charge in [0.05, 0.1) is 6.10 Å². The van der Waals surface area contributed by atoms with Crippen molar-refractivity contribution >= 4 is 12.2 Å². The van der Waals surface area contributed by atoms with E-state index in [1.807, 2.05) is 25.7 Å². The van der Waals surface area contributed by atoms with Crippen molar-refractivity contribution in [2.75, 3.05) is 13.1 Å². The zero-order valence-electron chi connectivity index (χ0n) is 16.0. The largest absolute Gasteiger partial charge is 0.465 e. The van der Waals surface area contributed by atoms with Gasteiger partial charge >= 0.3 is 12.2 Å². The second-order valence-electron chi connectivity index (χ2n) is 8.46. The molecule has 0 spiro atoms. The second-order valence-corrected chi connectivity index (χ2v) is 8.46. The molecule has 5 N–H and O–H groups in total. The van der Waals surface area contributed by atoms with Crippen LogP contribution in [-0.4, -0.2) is 62.7 Å². The predicted molar refractivity (Wildman–Crippen MR) is 92.8 cm³/mol. The molecular weight excluding hydrogens is 328 g/mol. The topological polar surface area (TPSA) is 128 Å². The molecule has 146 valence electrons. The number of likely N-dealkylation sites (tertiary alicyclic amines) is 1. The van der Waals surface area contributed by atoms with Crippen LogP contribution in [0.4, 0.5) is 9.59 Å². The molecule has 0 saturated carbocycles. The van der Waals surface area contributed by atoms with Crippen LogP contribution in [0.3, 0.4) is 0 Å². The van der Waals surface area contributed by atoms with Gasteiger partial charge in [-0.15, -0.1) is 0 Å². The van der Waals surface area contributed by atoms with Crippen LogP contribution < -0.4 is 11.2 Å². The van der Waals surface area contributed by atoms with Gasteiger partial charge in [-0.3, -0.25) is 15.1 Å². The van der Waals surface area contributed by atoms with Crippen molar-refractivity contribution in [2.45, 2.75) is 71.8 Å². The number of nitrogens with zero attached hydrogens (tertiary/aromatic N) is 2. The molecule has 1 aliphatic rings. The Morgan fingerprint density at radius 2 is 1.60 bits per heavy atom. The molecular formula is C16H32N4O5. The third kappa shape index (κ3) is 4.34. The average Bonchev–Trinajstić information content (AvgIpc) is 2.43. The second kappa shape index (κ2) is 7.35. The number of hydrogen-bond donors (Lipinski definition) is 4. The van der Waals surface area contributed by atoms with E-state index in [1.54, 1.807) is 20.8 Å². The van der Waals surface area contributed by atoms with Gasteiger partial charge < -0.3 is 15.1 Å². The molecule has 0 aliphatic carbocycles. The third-order valence-corrected chi connectivity index (χ3v) is 4.60. The Bertz CT molecular complexity index is 492. The molecule has 0 bridgehead atoms. The van der Waals surface area contributed by atoms with Gasteiger partial charge in [0.1, 0.15) is 0 Å². The van der Waals surface area contributed by atoms with Gasteiger partial charge in [-0.2, -0.15) is 0 Å². The lowest BCUT2D eigenvalue weighted by Crippen LogP contribution is -2.80. The highest BCUT2D eigenvalue weighted by molar-refractivity contribution is 5.71. The SMILES string of the molecule is CC(C)(C)N(C(=O)O)C(NC(=O)O)(N1CCC(ON)CC1)C(C)(C)C. The Morgan fingerprint density at radius 3 is 1.88 bits per heavy atom. The van der Waals surface area contributed by atoms with Crippen LogP contribution in [0.5, 0.6) is 0 Å². The van der Waals surface area contributed by atoms with Crippen LogP contribution >= 0.6 is 0 Å². The fourth-order valence-corrected chi connectivity index (χ4v) is 3.65. The first-order chi connectivity index (χ1) is 11.3. The van der Waals surface area contributed by atoms with E-state index >= 15 is 0 Å². The molecule has 0 aromatic carbocycles. The van der Waals surface area contributed by atoms with Crippen molar-refractivity contribution < 1.29 is 24.6 Å². The molecule has 0 aromatic rings. The minimum Gasteiger partial charge on any atom is -0.465 e. The zero-order valence-corrected chi connectivity index (χ0v) is 16.0. The Kier molecular flexibility index (Phi) is 6.31. The summed E-state index contributed by atoms with van der Waals surface area (Å²) < 4.78 is 0. The summed E-state index contributed by atoms with van der Waals surface area (Å²) in [5, 5.41) is 22.0. The third-order valence-electron chi connectivity index (χ3n) is 4.60. The maximum atomic E-state index is 12.2. The first-order valence-electron chi connectivity index (χ1n) is 8.42. The molecule has 1 atom stereocenters. The first kappa shape index (κ1) is 21.5. The van der Waals surface area contributed by atoms with Gasteiger partial charge in [-0.25, -0.2) is 15.5 Å². The van der Waals surface area contributed by atoms with Crippen LogP contribution in [0.25, 0.3) is 0 Å². The molecule has 1 aliphatic heterocycles. The monoisotopic (exact) mass is 360 g/mol. The highest BCUT2D eigenvalue weighted by Gasteiger charge is 2.58. The minimum absolute atomic E-state index is 0.119. The summed E-state index contributed by atoms with van der Waals surface area (Å²) >= 11 is 0. The molecule has 1 fully saturated rings. The van der Waals surface area contributed by atoms with E-state index < -0.39 is 28.9 Å². The number of amides is 2. The van der Waals surface area contributed by atoms with E-state index in [0.29, 0.717) is 25.9 Å². The maximum Gasteiger partial charge on any atom is 0.410 e. The van der Waals surface area contributed by atoms with E-state index in [2.05, 4.69) is 5.32 Å². The van der Waals surface area contributed by atoms with E-state index in [-0.39, 0.29) is 6.10 Å². The van der Waals surface area contributed by atoms with E-state index in [9.17, 15) is 19.8 Å². The van der Waals surface area contributed by atoms with Crippen molar-refractivity contribution in [2.24, 2.45) is 11.3 Å². The summed E-state index contributed by atoms with van der Waals surface area (Å²) in [5.41, 5.74) is -1.57. The highest BCUT2D eigenvalue weighted by atomic mass is 16.6. The van der Waals surface area contributed by atoms with E-state index in [0.717, 1.165) is 0 Å². The Balaban J connectivity index is 3.52. The molecule has 1 saturated heterocycles. The molecule has 1 rings (SSSR count). The minimum atomic E-state index is -1.44. The maximum absolute atomic E-state index is 12.2. The molecule has 2 amide bonds. The normalized spacial score (nSPS) is 20.0. The fourth-order valence-electron chi connectivity index (χ4n) is 3.65. The van der Waals surface area contributed by atoms with Crippen molar-refractivity contribution in [3.63, 3.8) is 0 Å². The van der Waals surface area contributed by atoms with Crippen molar-refractivity contribution in [3.8, 4) is 0 Å². The van der Waals surface area contributed by atoms with Gasteiger partial charge in [-0.1, -0.05) is 20.8 Å². The lowest BCUT2D eigenvalue weighted by atomic mass is 9.80. The smallest absolute Gasteiger partial charge is 0.410 e. The molecule has 1 heterocycles. The molecule has 25 heavy (non-hydrogen) atoms. The van der Waals surface area contributed by atoms with Gasteiger partial charge in [0.25, 0.3) is 0 Å². The average molecular weight is 360 g/mol. The van der Waals surface area contributed by atoms with Crippen molar-refractivity contribution in [1.82, 2.24) is 15.1 Å². The molecule has 9 heteroatoms. The summed E-state index contributed by atoms with van der Waals surface area (Å²) in [6.45, 7) is 11.7. The Morgan fingerprint density at radius 1 is 1.12 bits per heavy atom. The number of carboxylic acid groups (broad SMARTS) is 2. The van der Waals surface area contributed by atoms with Gasteiger partial charge in [0.2, 0.25) is 0 Å². The number of hydrogen-bond acceptors (Lipinski definition) is 5. The summed E-state index contributed by atoms with van der Waals surface area (Å²) in [6.07, 6.45) is -1.40. The fraction of sp³-hybridized carbons (Fsp3) is 0.875. The van der Waals surface area contributed by atoms with Gasteiger partial charge in [-0.05, 0) is 33.6 Å². The Labute approximate surface area is 149 Å². The van der Waals surface area contributed by atoms with E-state index in [4.69, 9.17) is 10.7 Å². The van der Waals surface area contributed by atoms with Crippen LogP contribution in [0.2, 0.25) is 0 Å². The lowest BCUT2D eigenvalue weighted by molar-refractivity contribution is -0.175. The van der Waals surface area contributed by atoms with Crippen molar-refractivity contribution in [1.29, 1.82) is 0 Å². The quantitative estimate of drug-likeness (QED) is 0.446. The standard InChI is InChI=1S/C16H32N4O5/c1-14(2,3)16(18-12(21)22,20(13(23)24)15(4,5)6)19-9-7-11(25-17)8-10-19/h11,18H,7-10,17H2,1-6H3,(H,21,22)(H,23,24). The summed E-state index contributed by atoms with van der Waals surface area (Å²) in [6, 6.07) is 0. The summed E-state index contributed by atoms with van der Waals surface area (Å²) in [7, 11) is 0. The predicted octanol–water partition coefficient (Wildman–Crippen LogP) is 2.09. The molecule has 1 unspecified atom stereocenters. The first-order valence-corrected chi connectivity index (χ1v) is 8.42. The van der Waals surface area contributed by atoms with Crippen LogP contribution in [0.15, 0.2) is 0 Å². The number of rotatable bonds is 4. The zero-order chi connectivity index (χ0) is 19.6. The van der Waals surface area contributed by atoms with Crippen LogP contribution in [0.1, 0.15) is 54.4 Å². The Hall–Kier alpha value is -1.58. The highest BCUT2D eigenvalue weighted by Crippen LogP contribution is 2.42. The van der Waals surface area contributed by atoms with Crippen LogP contribution in [0, 0.1) is 5.41 Å². The summed E-state index contributed by atoms with van der Waals surface area (Å²) in [5.74, 6) is 3.83. The van der Waals surface area contributed by atoms with E-state index in [1.165, 1.54) is 4.90 Å². The molecule has 0 aromatic heterocycles. The van der Waals surface area contributed by atoms with Crippen molar-refractivity contribution in [3.05, 3.63) is 0 Å². The molecule has 9 nitrogen and oxygen atoms in total. The number of nitrogens with two attached hydrogens (primary N) is 1. The molecule has 0 radical (unpaired) electrons. The summed E-state index contributed by atoms with van der Waals surface area (Å²) in [4.78, 5) is 31.9. The lowest BCUT2D eigenvalue weighted by Gasteiger charge is -2.60. The number of carbonyl (C=O) groups is 2. The van der Waals surface area contributed by atoms with Gasteiger partial charge in [0.15, 0.2) is 5.79 Å².